The molecule has 1 aromatic carbocycles. The van der Waals surface area contributed by atoms with Gasteiger partial charge in [-0.05, 0) is 24.0 Å². The Balaban J connectivity index is 0.000000405. The summed E-state index contributed by atoms with van der Waals surface area (Å²) in [6.45, 7) is 0. The minimum absolute atomic E-state index is 0. The Morgan fingerprint density at radius 3 is 1.56 bits per heavy atom. The molecule has 2 rings (SSSR count). The first-order chi connectivity index (χ1) is 3.97. The van der Waals surface area contributed by atoms with Crippen LogP contribution in [0.15, 0.2) is 24.3 Å². The Kier molecular flexibility index (Phi) is 1.56. The smallest absolute Gasteiger partial charge is 0.0235 e. The van der Waals surface area contributed by atoms with Gasteiger partial charge in [0.05, 0.1) is 0 Å². The second-order valence-corrected chi connectivity index (χ2v) is 2.27. The molecule has 48 valence electrons. The molecule has 1 aliphatic carbocycles. The second-order valence-electron chi connectivity index (χ2n) is 2.27. The van der Waals surface area contributed by atoms with Gasteiger partial charge in [0.25, 0.3) is 0 Å². The van der Waals surface area contributed by atoms with Crippen molar-refractivity contribution in [2.45, 2.75) is 20.3 Å². The van der Waals surface area contributed by atoms with Crippen LogP contribution in [0.1, 0.15) is 18.6 Å². The first-order valence-electron chi connectivity index (χ1n) is 3.03. The van der Waals surface area contributed by atoms with Crippen molar-refractivity contribution < 1.29 is 0 Å². The van der Waals surface area contributed by atoms with Crippen molar-refractivity contribution in [2.24, 2.45) is 0 Å². The first kappa shape index (κ1) is 6.34. The molecule has 0 radical (unpaired) electrons. The molecule has 0 heterocycles. The zero-order valence-corrected chi connectivity index (χ0v) is 4.72. The lowest BCUT2D eigenvalue weighted by atomic mass is 9.89. The Morgan fingerprint density at radius 2 is 1.33 bits per heavy atom. The number of aryl methyl sites for hydroxylation is 2. The third-order valence-electron chi connectivity index (χ3n) is 1.78. The van der Waals surface area contributed by atoms with Gasteiger partial charge in [-0.15, -0.1) is 0 Å². The lowest BCUT2D eigenvalue weighted by Crippen LogP contribution is -2.06. The van der Waals surface area contributed by atoms with Gasteiger partial charge in [-0.25, -0.2) is 0 Å². The minimum Gasteiger partial charge on any atom is -0.0776 e. The molecule has 0 spiro atoms. The summed E-state index contributed by atoms with van der Waals surface area (Å²) in [5, 5.41) is 0. The molecule has 0 nitrogen and oxygen atoms in total. The van der Waals surface area contributed by atoms with Crippen LogP contribution in [0.5, 0.6) is 0 Å². The normalized spacial score (nSPS) is 12.9. The zero-order valence-electron chi connectivity index (χ0n) is 4.72. The van der Waals surface area contributed by atoms with Crippen LogP contribution in [0.3, 0.4) is 0 Å². The molecule has 0 bridgehead atoms. The predicted octanol–water partition coefficient (Wildman–Crippen LogP) is 2.42. The Bertz CT molecular complexity index is 178. The second kappa shape index (κ2) is 2.22. The van der Waals surface area contributed by atoms with E-state index >= 15 is 0 Å². The van der Waals surface area contributed by atoms with Crippen molar-refractivity contribution in [2.75, 3.05) is 0 Å². The van der Waals surface area contributed by atoms with Crippen LogP contribution in [0.4, 0.5) is 0 Å². The maximum atomic E-state index is 2.21. The van der Waals surface area contributed by atoms with Crippen molar-refractivity contribution in [1.82, 2.24) is 0 Å². The summed E-state index contributed by atoms with van der Waals surface area (Å²) in [5.74, 6) is 0. The average molecular weight is 120 g/mol. The zero-order chi connectivity index (χ0) is 5.40. The van der Waals surface area contributed by atoms with Crippen LogP contribution in [0.25, 0.3) is 0 Å². The summed E-state index contributed by atoms with van der Waals surface area (Å²) in [7, 11) is 0. The number of hydrogen-bond donors (Lipinski definition) is 0. The van der Waals surface area contributed by atoms with Gasteiger partial charge < -0.3 is 0 Å². The molecule has 0 saturated carbocycles. The third-order valence-corrected chi connectivity index (χ3v) is 1.78. The van der Waals surface area contributed by atoms with E-state index in [-0.39, 0.29) is 7.43 Å². The molecule has 0 fully saturated rings. The van der Waals surface area contributed by atoms with Gasteiger partial charge in [0.2, 0.25) is 0 Å². The lowest BCUT2D eigenvalue weighted by molar-refractivity contribution is 0.839. The van der Waals surface area contributed by atoms with E-state index in [1.165, 1.54) is 12.8 Å². The van der Waals surface area contributed by atoms with Crippen molar-refractivity contribution in [3.8, 4) is 0 Å². The molecule has 1 aromatic rings. The lowest BCUT2D eigenvalue weighted by Gasteiger charge is -2.16. The van der Waals surface area contributed by atoms with Gasteiger partial charge in [-0.1, -0.05) is 31.7 Å². The van der Waals surface area contributed by atoms with Crippen molar-refractivity contribution >= 4 is 0 Å². The molecular weight excluding hydrogens is 108 g/mol. The number of benzene rings is 1. The number of rotatable bonds is 0. The van der Waals surface area contributed by atoms with Gasteiger partial charge in [-0.3, -0.25) is 0 Å². The van der Waals surface area contributed by atoms with Crippen LogP contribution in [-0.4, -0.2) is 0 Å². The summed E-state index contributed by atoms with van der Waals surface area (Å²) in [6, 6.07) is 8.63. The SMILES string of the molecule is C.c1ccc2c(c1)CC2. The Morgan fingerprint density at radius 1 is 0.889 bits per heavy atom. The van der Waals surface area contributed by atoms with Gasteiger partial charge in [0, 0.05) is 0 Å². The Hall–Kier alpha value is -0.780. The molecule has 0 aliphatic heterocycles. The summed E-state index contributed by atoms with van der Waals surface area (Å²) in [6.07, 6.45) is 2.60. The number of fused-ring (bicyclic) bond motifs is 1. The van der Waals surface area contributed by atoms with Crippen LogP contribution < -0.4 is 0 Å². The van der Waals surface area contributed by atoms with Crippen LogP contribution in [0.2, 0.25) is 0 Å². The van der Waals surface area contributed by atoms with E-state index < -0.39 is 0 Å². The van der Waals surface area contributed by atoms with Gasteiger partial charge >= 0.3 is 0 Å². The van der Waals surface area contributed by atoms with Crippen LogP contribution >= 0.6 is 0 Å². The highest BCUT2D eigenvalue weighted by Gasteiger charge is 2.09. The largest absolute Gasteiger partial charge is 0.0776 e. The summed E-state index contributed by atoms with van der Waals surface area (Å²) < 4.78 is 0. The topological polar surface area (TPSA) is 0 Å². The van der Waals surface area contributed by atoms with E-state index in [0.717, 1.165) is 0 Å². The molecule has 0 N–H and O–H groups in total. The Labute approximate surface area is 56.5 Å². The average Bonchev–Trinajstić information content (AvgIpc) is 1.72. The van der Waals surface area contributed by atoms with E-state index in [2.05, 4.69) is 24.3 Å². The number of hydrogen-bond acceptors (Lipinski definition) is 0. The van der Waals surface area contributed by atoms with E-state index in [1.807, 2.05) is 0 Å². The molecule has 0 atom stereocenters. The molecule has 0 heteroatoms. The molecular formula is C9H12. The van der Waals surface area contributed by atoms with E-state index in [0.29, 0.717) is 0 Å². The van der Waals surface area contributed by atoms with Crippen LogP contribution in [-0.2, 0) is 12.8 Å². The van der Waals surface area contributed by atoms with Gasteiger partial charge in [0.15, 0.2) is 0 Å². The predicted molar refractivity (Wildman–Crippen MR) is 40.6 cm³/mol. The van der Waals surface area contributed by atoms with E-state index in [1.54, 1.807) is 11.1 Å². The maximum Gasteiger partial charge on any atom is -0.0235 e. The maximum absolute atomic E-state index is 2.21. The minimum atomic E-state index is 0. The van der Waals surface area contributed by atoms with Crippen LogP contribution in [0, 0.1) is 0 Å². The standard InChI is InChI=1S/C8H8.CH4/c1-2-4-8-6-5-7(8)3-1;/h1-4H,5-6H2;1H4. The molecule has 0 aromatic heterocycles. The summed E-state index contributed by atoms with van der Waals surface area (Å²) in [4.78, 5) is 0. The van der Waals surface area contributed by atoms with Crippen molar-refractivity contribution in [1.29, 1.82) is 0 Å². The molecule has 0 amide bonds. The van der Waals surface area contributed by atoms with E-state index in [9.17, 15) is 0 Å². The molecule has 9 heavy (non-hydrogen) atoms. The molecule has 1 aliphatic rings. The van der Waals surface area contributed by atoms with Gasteiger partial charge in [-0.2, -0.15) is 0 Å². The van der Waals surface area contributed by atoms with Crippen molar-refractivity contribution in [3.63, 3.8) is 0 Å². The highest BCUT2D eigenvalue weighted by Crippen LogP contribution is 2.20. The fourth-order valence-corrected chi connectivity index (χ4v) is 1.14. The van der Waals surface area contributed by atoms with Gasteiger partial charge in [0.1, 0.15) is 0 Å². The fourth-order valence-electron chi connectivity index (χ4n) is 1.14. The highest BCUT2D eigenvalue weighted by molar-refractivity contribution is 5.34. The van der Waals surface area contributed by atoms with E-state index in [4.69, 9.17) is 0 Å². The first-order valence-corrected chi connectivity index (χ1v) is 3.03. The van der Waals surface area contributed by atoms with Crippen molar-refractivity contribution in [3.05, 3.63) is 35.4 Å². The highest BCUT2D eigenvalue weighted by atomic mass is 14.1. The fraction of sp³-hybridized carbons (Fsp3) is 0.333. The quantitative estimate of drug-likeness (QED) is 0.493. The summed E-state index contributed by atoms with van der Waals surface area (Å²) in [5.41, 5.74) is 3.10. The summed E-state index contributed by atoms with van der Waals surface area (Å²) >= 11 is 0. The third kappa shape index (κ3) is 0.849. The molecule has 0 saturated heterocycles. The molecule has 0 unspecified atom stereocenters. The monoisotopic (exact) mass is 120 g/mol.